The molecule has 122 valence electrons. The Hall–Kier alpha value is -2.66. The standard InChI is InChI=1S/C18H18ClN5/c1-12-5-3-4-6-14(12)10-20-17-11-21-24-18(23-17)22-15-8-7-13(2)16(19)9-15/h3-9,11H,10H2,1-2H3,(H2,20,22,23,24). The van der Waals surface area contributed by atoms with Gasteiger partial charge in [0.2, 0.25) is 5.95 Å². The Labute approximate surface area is 146 Å². The number of nitrogens with zero attached hydrogens (tertiary/aromatic N) is 3. The first-order valence-corrected chi connectivity index (χ1v) is 8.01. The van der Waals surface area contributed by atoms with E-state index in [0.29, 0.717) is 23.3 Å². The van der Waals surface area contributed by atoms with Crippen LogP contribution in [0.25, 0.3) is 0 Å². The van der Waals surface area contributed by atoms with Crippen LogP contribution in [0.4, 0.5) is 17.5 Å². The average molecular weight is 340 g/mol. The third-order valence-electron chi connectivity index (χ3n) is 3.71. The molecule has 1 aromatic heterocycles. The van der Waals surface area contributed by atoms with Gasteiger partial charge in [-0.1, -0.05) is 41.9 Å². The third-order valence-corrected chi connectivity index (χ3v) is 4.12. The predicted molar refractivity (Wildman–Crippen MR) is 97.8 cm³/mol. The lowest BCUT2D eigenvalue weighted by atomic mass is 10.1. The number of aryl methyl sites for hydroxylation is 2. The van der Waals surface area contributed by atoms with Crippen LogP contribution in [0.2, 0.25) is 5.02 Å². The third kappa shape index (κ3) is 4.00. The van der Waals surface area contributed by atoms with Crippen LogP contribution >= 0.6 is 11.6 Å². The van der Waals surface area contributed by atoms with Crippen LogP contribution < -0.4 is 10.6 Å². The van der Waals surface area contributed by atoms with Gasteiger partial charge in [-0.25, -0.2) is 0 Å². The Morgan fingerprint density at radius 1 is 1.04 bits per heavy atom. The quantitative estimate of drug-likeness (QED) is 0.716. The number of hydrogen-bond donors (Lipinski definition) is 2. The first-order chi connectivity index (χ1) is 11.6. The molecule has 0 aliphatic carbocycles. The highest BCUT2D eigenvalue weighted by Gasteiger charge is 2.04. The normalized spacial score (nSPS) is 10.5. The molecule has 0 aliphatic rings. The molecule has 0 radical (unpaired) electrons. The summed E-state index contributed by atoms with van der Waals surface area (Å²) >= 11 is 6.13. The maximum absolute atomic E-state index is 6.13. The summed E-state index contributed by atoms with van der Waals surface area (Å²) in [7, 11) is 0. The van der Waals surface area contributed by atoms with Gasteiger partial charge in [-0.3, -0.25) is 0 Å². The van der Waals surface area contributed by atoms with Crippen molar-refractivity contribution in [2.75, 3.05) is 10.6 Å². The van der Waals surface area contributed by atoms with Gasteiger partial charge < -0.3 is 10.6 Å². The van der Waals surface area contributed by atoms with Crippen molar-refractivity contribution < 1.29 is 0 Å². The highest BCUT2D eigenvalue weighted by molar-refractivity contribution is 6.31. The molecule has 0 fully saturated rings. The fraction of sp³-hybridized carbons (Fsp3) is 0.167. The molecule has 5 nitrogen and oxygen atoms in total. The lowest BCUT2D eigenvalue weighted by Crippen LogP contribution is -2.06. The van der Waals surface area contributed by atoms with Gasteiger partial charge >= 0.3 is 0 Å². The molecule has 3 rings (SSSR count). The van der Waals surface area contributed by atoms with E-state index in [1.54, 1.807) is 6.20 Å². The van der Waals surface area contributed by atoms with Crippen molar-refractivity contribution in [2.45, 2.75) is 20.4 Å². The maximum atomic E-state index is 6.13. The topological polar surface area (TPSA) is 62.7 Å². The van der Waals surface area contributed by atoms with E-state index in [1.165, 1.54) is 11.1 Å². The van der Waals surface area contributed by atoms with E-state index in [1.807, 2.05) is 37.3 Å². The first kappa shape index (κ1) is 16.2. The highest BCUT2D eigenvalue weighted by atomic mass is 35.5. The largest absolute Gasteiger partial charge is 0.365 e. The van der Waals surface area contributed by atoms with E-state index >= 15 is 0 Å². The first-order valence-electron chi connectivity index (χ1n) is 7.63. The second-order valence-electron chi connectivity index (χ2n) is 5.53. The molecule has 2 N–H and O–H groups in total. The zero-order valence-electron chi connectivity index (χ0n) is 13.5. The lowest BCUT2D eigenvalue weighted by molar-refractivity contribution is 0.964. The molecule has 0 atom stereocenters. The number of nitrogens with one attached hydrogen (secondary N) is 2. The van der Waals surface area contributed by atoms with Gasteiger partial charge in [0.15, 0.2) is 5.82 Å². The molecule has 0 saturated carbocycles. The molecule has 3 aromatic rings. The molecule has 2 aromatic carbocycles. The molecule has 0 saturated heterocycles. The van der Waals surface area contributed by atoms with E-state index in [-0.39, 0.29) is 0 Å². The number of halogens is 1. The molecule has 0 unspecified atom stereocenters. The summed E-state index contributed by atoms with van der Waals surface area (Å²) in [4.78, 5) is 4.43. The van der Waals surface area contributed by atoms with E-state index in [2.05, 4.69) is 44.9 Å². The summed E-state index contributed by atoms with van der Waals surface area (Å²) in [5.74, 6) is 1.08. The van der Waals surface area contributed by atoms with Crippen molar-refractivity contribution in [3.63, 3.8) is 0 Å². The molecule has 24 heavy (non-hydrogen) atoms. The van der Waals surface area contributed by atoms with Crippen LogP contribution in [0, 0.1) is 13.8 Å². The van der Waals surface area contributed by atoms with Crippen molar-refractivity contribution in [1.82, 2.24) is 15.2 Å². The van der Waals surface area contributed by atoms with Crippen molar-refractivity contribution in [2.24, 2.45) is 0 Å². The summed E-state index contributed by atoms with van der Waals surface area (Å²) in [6, 6.07) is 13.9. The Balaban J connectivity index is 1.69. The number of hydrogen-bond acceptors (Lipinski definition) is 5. The monoisotopic (exact) mass is 339 g/mol. The molecular weight excluding hydrogens is 322 g/mol. The van der Waals surface area contributed by atoms with Gasteiger partial charge in [-0.05, 0) is 42.7 Å². The molecule has 0 aliphatic heterocycles. The molecule has 0 amide bonds. The van der Waals surface area contributed by atoms with E-state index in [4.69, 9.17) is 11.6 Å². The maximum Gasteiger partial charge on any atom is 0.249 e. The van der Waals surface area contributed by atoms with E-state index < -0.39 is 0 Å². The fourth-order valence-electron chi connectivity index (χ4n) is 2.24. The smallest absolute Gasteiger partial charge is 0.249 e. The minimum atomic E-state index is 0.421. The van der Waals surface area contributed by atoms with Crippen molar-refractivity contribution >= 4 is 29.1 Å². The highest BCUT2D eigenvalue weighted by Crippen LogP contribution is 2.22. The van der Waals surface area contributed by atoms with Crippen molar-refractivity contribution in [3.05, 3.63) is 70.4 Å². The summed E-state index contributed by atoms with van der Waals surface area (Å²) in [6.07, 6.45) is 1.60. The predicted octanol–water partition coefficient (Wildman–Crippen LogP) is 4.50. The Morgan fingerprint density at radius 2 is 1.88 bits per heavy atom. The minimum absolute atomic E-state index is 0.421. The Morgan fingerprint density at radius 3 is 2.67 bits per heavy atom. The summed E-state index contributed by atoms with van der Waals surface area (Å²) in [6.45, 7) is 4.73. The van der Waals surface area contributed by atoms with Crippen LogP contribution in [0.15, 0.2) is 48.7 Å². The zero-order chi connectivity index (χ0) is 16.9. The van der Waals surface area contributed by atoms with Gasteiger partial charge in [-0.2, -0.15) is 10.1 Å². The second-order valence-corrected chi connectivity index (χ2v) is 5.94. The van der Waals surface area contributed by atoms with Crippen molar-refractivity contribution in [1.29, 1.82) is 0 Å². The number of benzene rings is 2. The Kier molecular flexibility index (Phi) is 4.91. The van der Waals surface area contributed by atoms with Gasteiger partial charge in [0.25, 0.3) is 0 Å². The SMILES string of the molecule is Cc1ccc(Nc2nncc(NCc3ccccc3C)n2)cc1Cl. The molecule has 0 bridgehead atoms. The van der Waals surface area contributed by atoms with Crippen molar-refractivity contribution in [3.8, 4) is 0 Å². The van der Waals surface area contributed by atoms with Crippen LogP contribution in [-0.2, 0) is 6.54 Å². The van der Waals surface area contributed by atoms with Gasteiger partial charge in [0, 0.05) is 17.3 Å². The van der Waals surface area contributed by atoms with Gasteiger partial charge in [0.1, 0.15) is 0 Å². The molecular formula is C18H18ClN5. The second kappa shape index (κ2) is 7.27. The molecule has 1 heterocycles. The summed E-state index contributed by atoms with van der Waals surface area (Å²) in [5.41, 5.74) is 4.30. The van der Waals surface area contributed by atoms with Crippen LogP contribution in [-0.4, -0.2) is 15.2 Å². The number of aromatic nitrogens is 3. The average Bonchev–Trinajstić information content (AvgIpc) is 2.58. The van der Waals surface area contributed by atoms with Crippen LogP contribution in [0.5, 0.6) is 0 Å². The lowest BCUT2D eigenvalue weighted by Gasteiger charge is -2.09. The molecule has 0 spiro atoms. The summed E-state index contributed by atoms with van der Waals surface area (Å²) in [5, 5.41) is 15.1. The number of rotatable bonds is 5. The fourth-order valence-corrected chi connectivity index (χ4v) is 2.42. The minimum Gasteiger partial charge on any atom is -0.365 e. The van der Waals surface area contributed by atoms with E-state index in [0.717, 1.165) is 11.3 Å². The zero-order valence-corrected chi connectivity index (χ0v) is 14.3. The van der Waals surface area contributed by atoms with Crippen LogP contribution in [0.1, 0.15) is 16.7 Å². The van der Waals surface area contributed by atoms with E-state index in [9.17, 15) is 0 Å². The Bertz CT molecular complexity index is 850. The van der Waals surface area contributed by atoms with Gasteiger partial charge in [-0.15, -0.1) is 5.10 Å². The van der Waals surface area contributed by atoms with Crippen LogP contribution in [0.3, 0.4) is 0 Å². The summed E-state index contributed by atoms with van der Waals surface area (Å²) < 4.78 is 0. The number of anilines is 3. The molecule has 6 heteroatoms. The van der Waals surface area contributed by atoms with Gasteiger partial charge in [0.05, 0.1) is 6.20 Å².